The number of halogens is 6. The number of rotatable bonds is 3. The van der Waals surface area contributed by atoms with E-state index in [4.69, 9.17) is 4.42 Å². The van der Waals surface area contributed by atoms with Gasteiger partial charge in [-0.3, -0.25) is 0 Å². The highest BCUT2D eigenvalue weighted by atomic mass is 19.4. The molecule has 0 spiro atoms. The van der Waals surface area contributed by atoms with E-state index < -0.39 is 52.3 Å². The van der Waals surface area contributed by atoms with Crippen LogP contribution in [0.2, 0.25) is 0 Å². The van der Waals surface area contributed by atoms with Crippen LogP contribution in [0.3, 0.4) is 0 Å². The Morgan fingerprint density at radius 3 is 2.23 bits per heavy atom. The van der Waals surface area contributed by atoms with Crippen LogP contribution in [-0.2, 0) is 6.18 Å². The average Bonchev–Trinajstić information content (AvgIpc) is 3.15. The Bertz CT molecular complexity index is 1290. The van der Waals surface area contributed by atoms with Crippen LogP contribution in [0.1, 0.15) is 40.9 Å². The summed E-state index contributed by atoms with van der Waals surface area (Å²) in [5.41, 5.74) is -2.30. The van der Waals surface area contributed by atoms with Crippen LogP contribution in [-0.4, -0.2) is 46.1 Å². The van der Waals surface area contributed by atoms with E-state index in [9.17, 15) is 36.2 Å². The second kappa shape index (κ2) is 8.90. The highest BCUT2D eigenvalue weighted by Gasteiger charge is 2.43. The maximum Gasteiger partial charge on any atom is 0.449 e. The van der Waals surface area contributed by atoms with Gasteiger partial charge in [0, 0.05) is 18.7 Å². The minimum Gasteiger partial charge on any atom is -0.475 e. The minimum atomic E-state index is -5.06. The summed E-state index contributed by atoms with van der Waals surface area (Å²) in [5, 5.41) is 8.60. The first-order chi connectivity index (χ1) is 16.4. The zero-order valence-electron chi connectivity index (χ0n) is 18.3. The number of pyridine rings is 1. The number of alkyl halides is 6. The van der Waals surface area contributed by atoms with Crippen molar-refractivity contribution in [3.05, 3.63) is 47.2 Å². The molecule has 0 radical (unpaired) electrons. The van der Waals surface area contributed by atoms with Gasteiger partial charge >= 0.3 is 18.3 Å². The number of piperidine rings is 1. The van der Waals surface area contributed by atoms with Gasteiger partial charge in [-0.15, -0.1) is 0 Å². The summed E-state index contributed by atoms with van der Waals surface area (Å²) >= 11 is 0. The van der Waals surface area contributed by atoms with Crippen LogP contribution >= 0.6 is 0 Å². The van der Waals surface area contributed by atoms with Crippen LogP contribution in [0.25, 0.3) is 22.4 Å². The van der Waals surface area contributed by atoms with Gasteiger partial charge < -0.3 is 14.4 Å². The van der Waals surface area contributed by atoms with Crippen molar-refractivity contribution in [2.24, 2.45) is 4.99 Å². The first kappa shape index (κ1) is 24.6. The van der Waals surface area contributed by atoms with Crippen molar-refractivity contribution in [1.82, 2.24) is 9.88 Å². The summed E-state index contributed by atoms with van der Waals surface area (Å²) in [7, 11) is 0. The monoisotopic (exact) mass is 499 g/mol. The van der Waals surface area contributed by atoms with Gasteiger partial charge in [-0.1, -0.05) is 29.8 Å². The molecule has 1 fully saturated rings. The lowest BCUT2D eigenvalue weighted by atomic mass is 10.0. The number of furan rings is 1. The van der Waals surface area contributed by atoms with Crippen LogP contribution in [0.5, 0.6) is 0 Å². The van der Waals surface area contributed by atoms with Crippen molar-refractivity contribution in [2.75, 3.05) is 13.1 Å². The molecule has 0 aliphatic carbocycles. The van der Waals surface area contributed by atoms with Gasteiger partial charge in [-0.05, 0) is 32.3 Å². The molecule has 0 bridgehead atoms. The molecule has 1 saturated heterocycles. The van der Waals surface area contributed by atoms with E-state index in [1.807, 2.05) is 0 Å². The first-order valence-corrected chi connectivity index (χ1v) is 10.6. The molecule has 35 heavy (non-hydrogen) atoms. The van der Waals surface area contributed by atoms with E-state index in [0.717, 1.165) is 10.5 Å². The number of aromatic nitrogens is 1. The number of aryl methyl sites for hydroxylation is 1. The fourth-order valence-corrected chi connectivity index (χ4v) is 3.96. The number of carboxylic acid groups (broad SMARTS) is 1. The summed E-state index contributed by atoms with van der Waals surface area (Å²) in [5.74, 6) is -4.50. The molecular formula is C23H19F6N3O3. The lowest BCUT2D eigenvalue weighted by molar-refractivity contribution is -0.136. The topological polar surface area (TPSA) is 78.9 Å². The number of amidine groups is 1. The normalized spacial score (nSPS) is 15.6. The fourth-order valence-electron chi connectivity index (χ4n) is 3.96. The second-order valence-electron chi connectivity index (χ2n) is 8.16. The average molecular weight is 499 g/mol. The van der Waals surface area contributed by atoms with Crippen molar-refractivity contribution in [1.29, 1.82) is 0 Å². The highest BCUT2D eigenvalue weighted by Crippen LogP contribution is 2.44. The molecule has 12 heteroatoms. The summed E-state index contributed by atoms with van der Waals surface area (Å²) < 4.78 is 89.0. The van der Waals surface area contributed by atoms with E-state index in [1.165, 1.54) is 12.1 Å². The summed E-state index contributed by atoms with van der Waals surface area (Å²) in [6.07, 6.45) is -8.54. The molecule has 1 aliphatic heterocycles. The van der Waals surface area contributed by atoms with E-state index in [-0.39, 0.29) is 24.3 Å². The van der Waals surface area contributed by atoms with E-state index in [0.29, 0.717) is 25.3 Å². The van der Waals surface area contributed by atoms with Gasteiger partial charge in [0.15, 0.2) is 0 Å². The first-order valence-electron chi connectivity index (χ1n) is 10.6. The highest BCUT2D eigenvalue weighted by molar-refractivity contribution is 6.06. The lowest BCUT2D eigenvalue weighted by Crippen LogP contribution is -2.43. The van der Waals surface area contributed by atoms with Crippen LogP contribution in [0, 0.1) is 6.92 Å². The number of fused-ring (bicyclic) bond motifs is 1. The molecule has 3 aromatic rings. The smallest absolute Gasteiger partial charge is 0.449 e. The minimum absolute atomic E-state index is 0.0154. The third-order valence-corrected chi connectivity index (χ3v) is 5.61. The van der Waals surface area contributed by atoms with Gasteiger partial charge in [0.25, 0.3) is 0 Å². The van der Waals surface area contributed by atoms with Gasteiger partial charge in [-0.25, -0.2) is 14.8 Å². The summed E-state index contributed by atoms with van der Waals surface area (Å²) in [6, 6.07) is 6.97. The molecule has 0 atom stereocenters. The van der Waals surface area contributed by atoms with Gasteiger partial charge in [-0.2, -0.15) is 26.3 Å². The summed E-state index contributed by atoms with van der Waals surface area (Å²) in [4.78, 5) is 20.1. The number of carbonyl (C=O) groups is 1. The molecule has 2 aromatic heterocycles. The molecule has 4 rings (SSSR count). The van der Waals surface area contributed by atoms with Gasteiger partial charge in [0.1, 0.15) is 5.69 Å². The van der Waals surface area contributed by atoms with E-state index in [1.54, 1.807) is 19.1 Å². The number of carboxylic acids is 1. The Kier molecular flexibility index (Phi) is 6.24. The maximum atomic E-state index is 14.1. The molecule has 0 amide bonds. The zero-order valence-corrected chi connectivity index (χ0v) is 18.3. The molecule has 1 aromatic carbocycles. The molecule has 0 unspecified atom stereocenters. The molecular weight excluding hydrogens is 480 g/mol. The number of likely N-dealkylation sites (tertiary alicyclic amines) is 1. The van der Waals surface area contributed by atoms with Gasteiger partial charge in [0.2, 0.25) is 17.3 Å². The SMILES string of the molecule is Cc1ccc(-c2cc(C(F)(F)F)c3c(N=C(N4CCCCC4)C(F)(F)F)c(C(=O)O)oc3n2)cc1. The molecule has 0 saturated carbocycles. The Morgan fingerprint density at radius 2 is 1.69 bits per heavy atom. The Morgan fingerprint density at radius 1 is 1.06 bits per heavy atom. The van der Waals surface area contributed by atoms with Crippen molar-refractivity contribution < 1.29 is 40.7 Å². The van der Waals surface area contributed by atoms with Crippen molar-refractivity contribution in [3.8, 4) is 11.3 Å². The largest absolute Gasteiger partial charge is 0.475 e. The molecule has 186 valence electrons. The number of nitrogens with zero attached hydrogens (tertiary/aromatic N) is 3. The Hall–Kier alpha value is -3.57. The number of aromatic carboxylic acids is 1. The second-order valence-corrected chi connectivity index (χ2v) is 8.16. The predicted molar refractivity (Wildman–Crippen MR) is 115 cm³/mol. The number of hydrogen-bond donors (Lipinski definition) is 1. The van der Waals surface area contributed by atoms with Gasteiger partial charge in [0.05, 0.1) is 16.6 Å². The Balaban J connectivity index is 2.02. The number of hydrogen-bond acceptors (Lipinski definition) is 4. The predicted octanol–water partition coefficient (Wildman–Crippen LogP) is 6.60. The van der Waals surface area contributed by atoms with Crippen molar-refractivity contribution in [3.63, 3.8) is 0 Å². The van der Waals surface area contributed by atoms with Crippen LogP contribution in [0.15, 0.2) is 39.7 Å². The molecule has 1 aliphatic rings. The standard InChI is InChI=1S/C23H19F6N3O3/c1-12-5-7-13(8-6-12)15-11-14(22(24,25)26)16-17(18(20(33)34)35-19(16)30-15)31-21(23(27,28)29)32-9-3-2-4-10-32/h5-8,11H,2-4,9-10H2,1H3,(H,33,34). The van der Waals surface area contributed by atoms with E-state index in [2.05, 4.69) is 9.98 Å². The van der Waals surface area contributed by atoms with Crippen LogP contribution < -0.4 is 0 Å². The molecule has 6 nitrogen and oxygen atoms in total. The molecule has 1 N–H and O–H groups in total. The fraction of sp³-hybridized carbons (Fsp3) is 0.348. The number of aliphatic imine (C=N–C) groups is 1. The van der Waals surface area contributed by atoms with Crippen molar-refractivity contribution >= 4 is 28.6 Å². The zero-order chi connectivity index (χ0) is 25.5. The molecule has 3 heterocycles. The third-order valence-electron chi connectivity index (χ3n) is 5.61. The number of benzene rings is 1. The maximum absolute atomic E-state index is 14.1. The third kappa shape index (κ3) is 4.96. The van der Waals surface area contributed by atoms with E-state index >= 15 is 0 Å². The lowest BCUT2D eigenvalue weighted by Gasteiger charge is -2.30. The Labute approximate surface area is 194 Å². The quantitative estimate of drug-likeness (QED) is 0.250. The summed E-state index contributed by atoms with van der Waals surface area (Å²) in [6.45, 7) is 1.75. The van der Waals surface area contributed by atoms with Crippen LogP contribution in [0.4, 0.5) is 32.0 Å². The van der Waals surface area contributed by atoms with Crippen molar-refractivity contribution in [2.45, 2.75) is 38.5 Å².